The van der Waals surface area contributed by atoms with Gasteiger partial charge in [0.25, 0.3) is 0 Å². The first kappa shape index (κ1) is 11.7. The van der Waals surface area contributed by atoms with Crippen molar-refractivity contribution in [1.29, 1.82) is 0 Å². The van der Waals surface area contributed by atoms with E-state index in [4.69, 9.17) is 4.74 Å². The van der Waals surface area contributed by atoms with Crippen LogP contribution < -0.4 is 0 Å². The smallest absolute Gasteiger partial charge is 0.346 e. The van der Waals surface area contributed by atoms with Crippen LogP contribution in [0.3, 0.4) is 0 Å². The summed E-state index contributed by atoms with van der Waals surface area (Å²) >= 11 is 0. The molecule has 2 aliphatic heterocycles. The maximum absolute atomic E-state index is 11.8. The van der Waals surface area contributed by atoms with Gasteiger partial charge in [0.1, 0.15) is 5.76 Å². The molecule has 5 rings (SSSR count). The molecule has 2 heterocycles. The number of allylic oxidation sites excluding steroid dienone is 3. The first-order valence-corrected chi connectivity index (χ1v) is 6.84. The second kappa shape index (κ2) is 3.44. The molecule has 5 nitrogen and oxygen atoms in total. The first-order valence-electron chi connectivity index (χ1n) is 6.84. The average molecular weight is 292 g/mol. The van der Waals surface area contributed by atoms with E-state index in [1.807, 2.05) is 12.2 Å². The first-order chi connectivity index (χ1) is 10.5. The molecule has 1 aromatic carbocycles. The van der Waals surface area contributed by atoms with Crippen LogP contribution in [0.15, 0.2) is 47.8 Å². The van der Waals surface area contributed by atoms with Crippen molar-refractivity contribution < 1.29 is 23.9 Å². The van der Waals surface area contributed by atoms with Crippen molar-refractivity contribution in [2.45, 2.75) is 11.8 Å². The monoisotopic (exact) mass is 292 g/mol. The molecule has 4 aliphatic rings. The third-order valence-electron chi connectivity index (χ3n) is 4.67. The van der Waals surface area contributed by atoms with Crippen LogP contribution in [-0.2, 0) is 14.3 Å². The van der Waals surface area contributed by atoms with Crippen LogP contribution in [0.25, 0.3) is 0 Å². The van der Waals surface area contributed by atoms with Crippen LogP contribution in [0.1, 0.15) is 43.7 Å². The summed E-state index contributed by atoms with van der Waals surface area (Å²) < 4.78 is 9.68. The minimum absolute atomic E-state index is 0.0148. The predicted molar refractivity (Wildman–Crippen MR) is 73.1 cm³/mol. The van der Waals surface area contributed by atoms with E-state index in [1.165, 1.54) is 0 Å². The Labute approximate surface area is 124 Å². The summed E-state index contributed by atoms with van der Waals surface area (Å²) in [5.41, 5.74) is 3.78. The van der Waals surface area contributed by atoms with Crippen molar-refractivity contribution in [2.24, 2.45) is 0 Å². The maximum Gasteiger partial charge on any atom is 0.346 e. The number of carbonyl (C=O) groups excluding carboxylic acids is 3. The van der Waals surface area contributed by atoms with E-state index in [1.54, 1.807) is 12.1 Å². The van der Waals surface area contributed by atoms with Crippen LogP contribution in [0.2, 0.25) is 0 Å². The molecule has 2 aliphatic carbocycles. The second-order valence-electron chi connectivity index (χ2n) is 5.73. The lowest BCUT2D eigenvalue weighted by atomic mass is 9.63. The zero-order valence-corrected chi connectivity index (χ0v) is 11.2. The summed E-state index contributed by atoms with van der Waals surface area (Å²) in [6.45, 7) is 3.74. The van der Waals surface area contributed by atoms with Gasteiger partial charge in [-0.05, 0) is 23.3 Å². The van der Waals surface area contributed by atoms with Crippen LogP contribution in [0.5, 0.6) is 0 Å². The van der Waals surface area contributed by atoms with Crippen molar-refractivity contribution in [1.82, 2.24) is 0 Å². The van der Waals surface area contributed by atoms with Gasteiger partial charge in [0.2, 0.25) is 0 Å². The fourth-order valence-electron chi connectivity index (χ4n) is 3.60. The Kier molecular flexibility index (Phi) is 1.83. The van der Waals surface area contributed by atoms with E-state index >= 15 is 0 Å². The standard InChI is InChI=1S/C17H8O5/c1-6-7-2-8-9(3-12(7)15(18)21-6)11-5-14-13(4-10(8)11)16(19)22-17(14)20/h2-5,8-9H,1H2/t8-,9?/m1/s1. The van der Waals surface area contributed by atoms with Gasteiger partial charge in [0.15, 0.2) is 0 Å². The Morgan fingerprint density at radius 3 is 1.91 bits per heavy atom. The van der Waals surface area contributed by atoms with Gasteiger partial charge in [0.05, 0.1) is 16.7 Å². The second-order valence-corrected chi connectivity index (χ2v) is 5.73. The zero-order valence-electron chi connectivity index (χ0n) is 11.2. The number of hydrogen-bond donors (Lipinski definition) is 0. The summed E-state index contributed by atoms with van der Waals surface area (Å²) in [7, 11) is 0. The molecule has 0 aromatic heterocycles. The molecule has 106 valence electrons. The average Bonchev–Trinajstić information content (AvgIpc) is 2.92. The topological polar surface area (TPSA) is 69.7 Å². The minimum atomic E-state index is -0.611. The Morgan fingerprint density at radius 2 is 1.32 bits per heavy atom. The Morgan fingerprint density at radius 1 is 0.773 bits per heavy atom. The highest BCUT2D eigenvalue weighted by molar-refractivity contribution is 6.15. The molecule has 0 amide bonds. The lowest BCUT2D eigenvalue weighted by molar-refractivity contribution is -0.132. The van der Waals surface area contributed by atoms with Crippen LogP contribution in [0.4, 0.5) is 0 Å². The highest BCUT2D eigenvalue weighted by atomic mass is 16.6. The molecule has 22 heavy (non-hydrogen) atoms. The molecule has 1 fully saturated rings. The molecule has 5 heteroatoms. The normalized spacial score (nSPS) is 26.9. The van der Waals surface area contributed by atoms with E-state index in [2.05, 4.69) is 11.3 Å². The van der Waals surface area contributed by atoms with E-state index in [9.17, 15) is 14.4 Å². The third kappa shape index (κ3) is 1.18. The number of rotatable bonds is 0. The van der Waals surface area contributed by atoms with E-state index in [0.29, 0.717) is 22.5 Å². The van der Waals surface area contributed by atoms with Crippen LogP contribution >= 0.6 is 0 Å². The van der Waals surface area contributed by atoms with Crippen LogP contribution in [-0.4, -0.2) is 17.9 Å². The SMILES string of the molecule is C=C1OC(=O)C2=CC3c4cc5c(cc4[C@@H]3C=C12)C(=O)OC5=O. The van der Waals surface area contributed by atoms with Crippen LogP contribution in [0, 0.1) is 0 Å². The van der Waals surface area contributed by atoms with Gasteiger partial charge in [-0.1, -0.05) is 18.7 Å². The third-order valence-corrected chi connectivity index (χ3v) is 4.67. The number of hydrogen-bond acceptors (Lipinski definition) is 5. The molecule has 1 unspecified atom stereocenters. The van der Waals surface area contributed by atoms with Crippen molar-refractivity contribution in [2.75, 3.05) is 0 Å². The lowest BCUT2D eigenvalue weighted by Gasteiger charge is -2.39. The van der Waals surface area contributed by atoms with Crippen molar-refractivity contribution >= 4 is 17.9 Å². The quantitative estimate of drug-likeness (QED) is 0.541. The summed E-state index contributed by atoms with van der Waals surface area (Å²) in [5.74, 6) is -1.16. The van der Waals surface area contributed by atoms with Gasteiger partial charge in [-0.3, -0.25) is 0 Å². The molecule has 2 atom stereocenters. The number of cyclic esters (lactones) is 3. The molecule has 1 saturated heterocycles. The van der Waals surface area contributed by atoms with Gasteiger partial charge in [-0.25, -0.2) is 14.4 Å². The molecule has 1 aromatic rings. The summed E-state index contributed by atoms with van der Waals surface area (Å²) in [4.78, 5) is 35.1. The highest BCUT2D eigenvalue weighted by Crippen LogP contribution is 2.55. The number of carbonyl (C=O) groups is 3. The fourth-order valence-corrected chi connectivity index (χ4v) is 3.60. The lowest BCUT2D eigenvalue weighted by Crippen LogP contribution is -2.26. The molecular weight excluding hydrogens is 284 g/mol. The number of benzene rings is 1. The number of esters is 3. The fraction of sp³-hybridized carbons (Fsp3) is 0.118. The molecular formula is C17H8O5. The predicted octanol–water partition coefficient (Wildman–Crippen LogP) is 2.11. The molecule has 0 spiro atoms. The van der Waals surface area contributed by atoms with Gasteiger partial charge < -0.3 is 9.47 Å². The zero-order chi connectivity index (χ0) is 15.2. The van der Waals surface area contributed by atoms with Crippen molar-refractivity contribution in [3.63, 3.8) is 0 Å². The summed E-state index contributed by atoms with van der Waals surface area (Å²) in [6.07, 6.45) is 3.81. The Balaban J connectivity index is 1.69. The highest BCUT2D eigenvalue weighted by Gasteiger charge is 2.45. The number of ether oxygens (including phenoxy) is 2. The van der Waals surface area contributed by atoms with Gasteiger partial charge in [-0.2, -0.15) is 0 Å². The van der Waals surface area contributed by atoms with E-state index < -0.39 is 11.9 Å². The van der Waals surface area contributed by atoms with Crippen molar-refractivity contribution in [3.8, 4) is 0 Å². The minimum Gasteiger partial charge on any atom is -0.423 e. The number of fused-ring (bicyclic) bond motifs is 6. The van der Waals surface area contributed by atoms with Gasteiger partial charge in [-0.15, -0.1) is 0 Å². The van der Waals surface area contributed by atoms with E-state index in [0.717, 1.165) is 16.7 Å². The Hall–Kier alpha value is -2.95. The maximum atomic E-state index is 11.8. The molecule has 0 radical (unpaired) electrons. The van der Waals surface area contributed by atoms with Gasteiger partial charge in [0, 0.05) is 17.4 Å². The summed E-state index contributed by atoms with van der Waals surface area (Å²) in [6, 6.07) is 3.42. The molecule has 0 N–H and O–H groups in total. The molecule has 0 saturated carbocycles. The van der Waals surface area contributed by atoms with E-state index in [-0.39, 0.29) is 17.8 Å². The summed E-state index contributed by atoms with van der Waals surface area (Å²) in [5, 5.41) is 0. The van der Waals surface area contributed by atoms with Crippen molar-refractivity contribution in [3.05, 3.63) is 70.0 Å². The largest absolute Gasteiger partial charge is 0.423 e. The Bertz CT molecular complexity index is 842. The van der Waals surface area contributed by atoms with Gasteiger partial charge >= 0.3 is 17.9 Å². The molecule has 0 bridgehead atoms.